The van der Waals surface area contributed by atoms with Gasteiger partial charge in [-0.1, -0.05) is 23.7 Å². The third-order valence-electron chi connectivity index (χ3n) is 1.98. The quantitative estimate of drug-likeness (QED) is 0.694. The minimum Gasteiger partial charge on any atom is -0.376 e. The van der Waals surface area contributed by atoms with E-state index in [2.05, 4.69) is 11.8 Å². The Morgan fingerprint density at radius 2 is 2.15 bits per heavy atom. The molecule has 0 fully saturated rings. The molecule has 2 rings (SSSR count). The molecule has 72 valence electrons. The van der Waals surface area contributed by atoms with Gasteiger partial charge in [0, 0.05) is 5.02 Å². The Bertz CT molecular complexity index is 276. The summed E-state index contributed by atoms with van der Waals surface area (Å²) in [5.41, 5.74) is 7.00. The van der Waals surface area contributed by atoms with Crippen molar-refractivity contribution >= 4 is 11.6 Å². The molecule has 2 nitrogen and oxygen atoms in total. The summed E-state index contributed by atoms with van der Waals surface area (Å²) < 4.78 is 5.29. The summed E-state index contributed by atoms with van der Waals surface area (Å²) in [5.74, 6) is 0. The van der Waals surface area contributed by atoms with Crippen molar-refractivity contribution in [1.29, 1.82) is 0 Å². The zero-order valence-corrected chi connectivity index (χ0v) is 8.47. The number of hydrogen-bond donors (Lipinski definition) is 1. The second kappa shape index (κ2) is 5.22. The van der Waals surface area contributed by atoms with Crippen molar-refractivity contribution in [3.05, 3.63) is 34.3 Å². The molecule has 0 aliphatic carbocycles. The van der Waals surface area contributed by atoms with Gasteiger partial charge in [0.1, 0.15) is 0 Å². The molecule has 0 saturated carbocycles. The van der Waals surface area contributed by atoms with Gasteiger partial charge in [0.15, 0.2) is 0 Å². The van der Waals surface area contributed by atoms with Gasteiger partial charge in [-0.2, -0.15) is 0 Å². The maximum Gasteiger partial charge on any atom is 0.0734 e. The number of fused-ring (bicyclic) bond motifs is 1. The van der Waals surface area contributed by atoms with Crippen LogP contribution in [-0.4, -0.2) is 13.7 Å². The van der Waals surface area contributed by atoms with E-state index >= 15 is 0 Å². The van der Waals surface area contributed by atoms with Crippen LogP contribution in [-0.2, 0) is 17.8 Å². The van der Waals surface area contributed by atoms with Gasteiger partial charge in [-0.25, -0.2) is 0 Å². The average Bonchev–Trinajstić information content (AvgIpc) is 2.22. The molecule has 1 aromatic carbocycles. The molecule has 2 N–H and O–H groups in total. The van der Waals surface area contributed by atoms with E-state index < -0.39 is 0 Å². The molecule has 0 bridgehead atoms. The SMILES string of the molecule is CN.Clc1cccc2c1COCC2. The Morgan fingerprint density at radius 1 is 1.38 bits per heavy atom. The minimum atomic E-state index is 0.676. The van der Waals surface area contributed by atoms with Gasteiger partial charge in [-0.15, -0.1) is 0 Å². The summed E-state index contributed by atoms with van der Waals surface area (Å²) in [4.78, 5) is 0. The lowest BCUT2D eigenvalue weighted by Gasteiger charge is -2.16. The molecule has 1 aliphatic heterocycles. The predicted octanol–water partition coefficient (Wildman–Crippen LogP) is 1.99. The normalized spacial score (nSPS) is 14.1. The molecule has 0 aromatic heterocycles. The maximum atomic E-state index is 5.96. The largest absolute Gasteiger partial charge is 0.376 e. The molecule has 0 amide bonds. The van der Waals surface area contributed by atoms with Crippen molar-refractivity contribution < 1.29 is 4.74 Å². The summed E-state index contributed by atoms with van der Waals surface area (Å²) in [6.45, 7) is 1.50. The van der Waals surface area contributed by atoms with Crippen LogP contribution in [0.1, 0.15) is 11.1 Å². The smallest absolute Gasteiger partial charge is 0.0734 e. The molecule has 1 aromatic rings. The van der Waals surface area contributed by atoms with E-state index in [1.807, 2.05) is 12.1 Å². The van der Waals surface area contributed by atoms with Crippen molar-refractivity contribution in [1.82, 2.24) is 0 Å². The van der Waals surface area contributed by atoms with Crippen LogP contribution in [0.5, 0.6) is 0 Å². The van der Waals surface area contributed by atoms with Crippen molar-refractivity contribution in [2.75, 3.05) is 13.7 Å². The highest BCUT2D eigenvalue weighted by Crippen LogP contribution is 2.24. The number of rotatable bonds is 0. The van der Waals surface area contributed by atoms with E-state index in [9.17, 15) is 0 Å². The molecule has 0 atom stereocenters. The Morgan fingerprint density at radius 3 is 2.85 bits per heavy atom. The van der Waals surface area contributed by atoms with E-state index in [1.54, 1.807) is 0 Å². The van der Waals surface area contributed by atoms with Crippen molar-refractivity contribution in [2.45, 2.75) is 13.0 Å². The molecular formula is C10H14ClNO. The lowest BCUT2D eigenvalue weighted by Crippen LogP contribution is -2.09. The highest BCUT2D eigenvalue weighted by Gasteiger charge is 2.10. The Kier molecular flexibility index (Phi) is 4.22. The van der Waals surface area contributed by atoms with Crippen molar-refractivity contribution in [3.8, 4) is 0 Å². The molecule has 0 unspecified atom stereocenters. The van der Waals surface area contributed by atoms with E-state index in [4.69, 9.17) is 16.3 Å². The molecule has 0 radical (unpaired) electrons. The van der Waals surface area contributed by atoms with Gasteiger partial charge >= 0.3 is 0 Å². The van der Waals surface area contributed by atoms with Gasteiger partial charge in [0.2, 0.25) is 0 Å². The van der Waals surface area contributed by atoms with Crippen molar-refractivity contribution in [3.63, 3.8) is 0 Å². The second-order valence-corrected chi connectivity index (χ2v) is 3.09. The first-order chi connectivity index (χ1) is 6.38. The van der Waals surface area contributed by atoms with Crippen LogP contribution in [0.2, 0.25) is 5.02 Å². The first-order valence-corrected chi connectivity index (χ1v) is 4.67. The summed E-state index contributed by atoms with van der Waals surface area (Å²) in [7, 11) is 1.50. The van der Waals surface area contributed by atoms with E-state index in [1.165, 1.54) is 18.2 Å². The third-order valence-corrected chi connectivity index (χ3v) is 2.33. The molecule has 1 aliphatic rings. The van der Waals surface area contributed by atoms with Gasteiger partial charge in [-0.05, 0) is 30.7 Å². The zero-order valence-electron chi connectivity index (χ0n) is 7.72. The minimum absolute atomic E-state index is 0.676. The van der Waals surface area contributed by atoms with Crippen molar-refractivity contribution in [2.24, 2.45) is 5.73 Å². The van der Waals surface area contributed by atoms with Crippen LogP contribution in [0.15, 0.2) is 18.2 Å². The molecular weight excluding hydrogens is 186 g/mol. The fourth-order valence-corrected chi connectivity index (χ4v) is 1.60. The molecule has 3 heteroatoms. The van der Waals surface area contributed by atoms with E-state index in [0.717, 1.165) is 18.1 Å². The number of hydrogen-bond acceptors (Lipinski definition) is 2. The van der Waals surface area contributed by atoms with E-state index in [0.29, 0.717) is 6.61 Å². The number of nitrogens with two attached hydrogens (primary N) is 1. The predicted molar refractivity (Wildman–Crippen MR) is 54.9 cm³/mol. The second-order valence-electron chi connectivity index (χ2n) is 2.68. The number of halogens is 1. The maximum absolute atomic E-state index is 5.96. The Balaban J connectivity index is 0.000000396. The average molecular weight is 200 g/mol. The zero-order chi connectivity index (χ0) is 9.68. The first kappa shape index (κ1) is 10.5. The Labute approximate surface area is 83.6 Å². The van der Waals surface area contributed by atoms with Gasteiger partial charge in [0.05, 0.1) is 13.2 Å². The standard InChI is InChI=1S/C9H9ClO.CH5N/c10-9-3-1-2-7-4-5-11-6-8(7)9;1-2/h1-3H,4-6H2;2H2,1H3. The van der Waals surface area contributed by atoms with Gasteiger partial charge in [-0.3, -0.25) is 0 Å². The summed E-state index contributed by atoms with van der Waals surface area (Å²) in [5, 5.41) is 0.835. The first-order valence-electron chi connectivity index (χ1n) is 4.29. The highest BCUT2D eigenvalue weighted by atomic mass is 35.5. The van der Waals surface area contributed by atoms with Crippen LogP contribution >= 0.6 is 11.6 Å². The van der Waals surface area contributed by atoms with Crippen LogP contribution in [0.3, 0.4) is 0 Å². The van der Waals surface area contributed by atoms with Gasteiger partial charge < -0.3 is 10.5 Å². The molecule has 1 heterocycles. The van der Waals surface area contributed by atoms with Crippen LogP contribution < -0.4 is 5.73 Å². The van der Waals surface area contributed by atoms with Crippen LogP contribution in [0.25, 0.3) is 0 Å². The fourth-order valence-electron chi connectivity index (χ4n) is 1.36. The highest BCUT2D eigenvalue weighted by molar-refractivity contribution is 6.31. The monoisotopic (exact) mass is 199 g/mol. The molecule has 0 saturated heterocycles. The fraction of sp³-hybridized carbons (Fsp3) is 0.400. The third kappa shape index (κ3) is 2.44. The Hall–Kier alpha value is -0.570. The summed E-state index contributed by atoms with van der Waals surface area (Å²) in [6, 6.07) is 6.02. The lowest BCUT2D eigenvalue weighted by molar-refractivity contribution is 0.111. The van der Waals surface area contributed by atoms with Crippen LogP contribution in [0, 0.1) is 0 Å². The molecule has 13 heavy (non-hydrogen) atoms. The van der Waals surface area contributed by atoms with E-state index in [-0.39, 0.29) is 0 Å². The van der Waals surface area contributed by atoms with Crippen LogP contribution in [0.4, 0.5) is 0 Å². The summed E-state index contributed by atoms with van der Waals surface area (Å²) >= 11 is 5.96. The topological polar surface area (TPSA) is 35.2 Å². The van der Waals surface area contributed by atoms with Gasteiger partial charge in [0.25, 0.3) is 0 Å². The number of benzene rings is 1. The molecule has 0 spiro atoms. The lowest BCUT2D eigenvalue weighted by atomic mass is 10.0. The summed E-state index contributed by atoms with van der Waals surface area (Å²) in [6.07, 6.45) is 0.996. The number of ether oxygens (including phenoxy) is 1.